The molecule has 0 aromatic heterocycles. The first-order chi connectivity index (χ1) is 35.0. The van der Waals surface area contributed by atoms with Gasteiger partial charge in [0, 0.05) is 12.8 Å². The van der Waals surface area contributed by atoms with Crippen LogP contribution in [0.15, 0.2) is 84.9 Å². The summed E-state index contributed by atoms with van der Waals surface area (Å²) in [6.07, 6.45) is 15.2. The number of ether oxygens (including phenoxy) is 3. The molecule has 1 aliphatic heterocycles. The summed E-state index contributed by atoms with van der Waals surface area (Å²) in [7, 11) is -5.21. The van der Waals surface area contributed by atoms with Crippen LogP contribution in [0, 0.1) is 0 Å². The molecule has 4 aromatic carbocycles. The van der Waals surface area contributed by atoms with Crippen LogP contribution in [0.2, 0.25) is 0 Å². The van der Waals surface area contributed by atoms with Crippen molar-refractivity contribution in [3.05, 3.63) is 96.1 Å². The van der Waals surface area contributed by atoms with Gasteiger partial charge in [0.15, 0.2) is 18.5 Å². The molecular formula is C58H83NO12S. The highest BCUT2D eigenvalue weighted by Gasteiger charge is 2.51. The van der Waals surface area contributed by atoms with Crippen LogP contribution in [0.1, 0.15) is 179 Å². The summed E-state index contributed by atoms with van der Waals surface area (Å²) in [4.78, 5) is 40.8. The molecule has 1 heterocycles. The van der Waals surface area contributed by atoms with Crippen molar-refractivity contribution in [2.75, 3.05) is 6.61 Å². The fraction of sp³-hybridized carbons (Fsp3) is 0.603. The van der Waals surface area contributed by atoms with Crippen molar-refractivity contribution in [1.29, 1.82) is 0 Å². The smallest absolute Gasteiger partial charge is 0.397 e. The SMILES string of the molecule is CCCCCCCCCCCCC(OC(=O)CCCCCCCCc1cccc2ccccc12)C(=O)N[C@H]1C(O)O[C@H](CO)[C@@H](OS(=O)(=O)O)[C@@H]1OC(=O)CCCCCCCCc1cccc2ccccc12. The lowest BCUT2D eigenvalue weighted by molar-refractivity contribution is -0.254. The van der Waals surface area contributed by atoms with Gasteiger partial charge in [0.2, 0.25) is 0 Å². The van der Waals surface area contributed by atoms with Crippen molar-refractivity contribution in [3.63, 3.8) is 0 Å². The Bertz CT molecular complexity index is 2310. The number of unbranched alkanes of at least 4 members (excludes halogenated alkanes) is 19. The molecular weight excluding hydrogens is 935 g/mol. The minimum atomic E-state index is -5.21. The van der Waals surface area contributed by atoms with E-state index in [9.17, 15) is 37.6 Å². The summed E-state index contributed by atoms with van der Waals surface area (Å²) in [6, 6.07) is 28.0. The predicted octanol–water partition coefficient (Wildman–Crippen LogP) is 11.8. The fourth-order valence-electron chi connectivity index (χ4n) is 9.97. The van der Waals surface area contributed by atoms with E-state index < -0.39 is 71.6 Å². The number of hydrogen-bond acceptors (Lipinski definition) is 11. The molecule has 1 aliphatic rings. The molecule has 4 aromatic rings. The third kappa shape index (κ3) is 20.8. The van der Waals surface area contributed by atoms with Crippen LogP contribution in [0.3, 0.4) is 0 Å². The van der Waals surface area contributed by atoms with Gasteiger partial charge in [-0.25, -0.2) is 4.18 Å². The lowest BCUT2D eigenvalue weighted by Gasteiger charge is -2.43. The predicted molar refractivity (Wildman–Crippen MR) is 282 cm³/mol. The van der Waals surface area contributed by atoms with Crippen LogP contribution in [0.5, 0.6) is 0 Å². The molecule has 0 bridgehead atoms. The van der Waals surface area contributed by atoms with Crippen molar-refractivity contribution in [2.45, 2.75) is 217 Å². The average Bonchev–Trinajstić information content (AvgIpc) is 3.37. The van der Waals surface area contributed by atoms with Gasteiger partial charge in [-0.3, -0.25) is 18.9 Å². The number of fused-ring (bicyclic) bond motifs is 2. The van der Waals surface area contributed by atoms with Gasteiger partial charge in [0.25, 0.3) is 5.91 Å². The molecule has 6 atom stereocenters. The number of aliphatic hydroxyl groups is 2. The second-order valence-electron chi connectivity index (χ2n) is 19.7. The lowest BCUT2D eigenvalue weighted by Crippen LogP contribution is -2.67. The maximum absolute atomic E-state index is 14.1. The number of esters is 2. The lowest BCUT2D eigenvalue weighted by atomic mass is 9.96. The Morgan fingerprint density at radius 3 is 1.57 bits per heavy atom. The highest BCUT2D eigenvalue weighted by atomic mass is 32.3. The average molecular weight is 1020 g/mol. The van der Waals surface area contributed by atoms with Gasteiger partial charge >= 0.3 is 22.3 Å². The zero-order chi connectivity index (χ0) is 51.4. The summed E-state index contributed by atoms with van der Waals surface area (Å²) >= 11 is 0. The number of rotatable bonds is 36. The Kier molecular flexibility index (Phi) is 26.5. The molecule has 0 saturated carbocycles. The molecule has 1 fully saturated rings. The van der Waals surface area contributed by atoms with E-state index in [4.69, 9.17) is 18.4 Å². The van der Waals surface area contributed by atoms with Crippen molar-refractivity contribution in [1.82, 2.24) is 5.32 Å². The van der Waals surface area contributed by atoms with Gasteiger partial charge in [-0.15, -0.1) is 0 Å². The fourth-order valence-corrected chi connectivity index (χ4v) is 10.5. The number of amides is 1. The Morgan fingerprint density at radius 2 is 1.06 bits per heavy atom. The second-order valence-corrected chi connectivity index (χ2v) is 20.7. The highest BCUT2D eigenvalue weighted by Crippen LogP contribution is 2.28. The zero-order valence-corrected chi connectivity index (χ0v) is 43.6. The molecule has 1 amide bonds. The molecule has 2 unspecified atom stereocenters. The van der Waals surface area contributed by atoms with Gasteiger partial charge in [-0.05, 0) is 84.0 Å². The van der Waals surface area contributed by atoms with Crippen molar-refractivity contribution >= 4 is 49.8 Å². The van der Waals surface area contributed by atoms with Gasteiger partial charge in [-0.1, -0.05) is 201 Å². The molecule has 14 heteroatoms. The van der Waals surface area contributed by atoms with E-state index in [2.05, 4.69) is 91.1 Å². The van der Waals surface area contributed by atoms with E-state index in [1.165, 1.54) is 64.8 Å². The maximum atomic E-state index is 14.1. The molecule has 72 heavy (non-hydrogen) atoms. The van der Waals surface area contributed by atoms with Crippen molar-refractivity contribution < 1.29 is 56.0 Å². The topological polar surface area (TPSA) is 195 Å². The first-order valence-corrected chi connectivity index (χ1v) is 28.6. The Balaban J connectivity index is 1.12. The van der Waals surface area contributed by atoms with E-state index in [1.54, 1.807) is 0 Å². The van der Waals surface area contributed by atoms with E-state index in [0.717, 1.165) is 103 Å². The van der Waals surface area contributed by atoms with E-state index >= 15 is 0 Å². The van der Waals surface area contributed by atoms with Gasteiger partial charge in [0.05, 0.1) is 6.61 Å². The van der Waals surface area contributed by atoms with Crippen LogP contribution in [0.4, 0.5) is 0 Å². The van der Waals surface area contributed by atoms with E-state index in [-0.39, 0.29) is 19.3 Å². The van der Waals surface area contributed by atoms with Gasteiger partial charge in [-0.2, -0.15) is 8.42 Å². The third-order valence-corrected chi connectivity index (χ3v) is 14.4. The normalized spacial score (nSPS) is 18.5. The molecule has 0 spiro atoms. The molecule has 0 radical (unpaired) electrons. The molecule has 4 N–H and O–H groups in total. The van der Waals surface area contributed by atoms with Crippen LogP contribution in [0.25, 0.3) is 21.5 Å². The van der Waals surface area contributed by atoms with Crippen LogP contribution >= 0.6 is 0 Å². The molecule has 5 rings (SSSR count). The molecule has 1 saturated heterocycles. The minimum absolute atomic E-state index is 0.0589. The summed E-state index contributed by atoms with van der Waals surface area (Å²) in [5, 5.41) is 29.0. The third-order valence-electron chi connectivity index (χ3n) is 14.0. The summed E-state index contributed by atoms with van der Waals surface area (Å²) in [5.74, 6) is -2.10. The highest BCUT2D eigenvalue weighted by molar-refractivity contribution is 7.80. The van der Waals surface area contributed by atoms with Crippen LogP contribution in [-0.2, 0) is 56.0 Å². The molecule has 0 aliphatic carbocycles. The van der Waals surface area contributed by atoms with E-state index in [1.807, 2.05) is 6.07 Å². The van der Waals surface area contributed by atoms with Crippen LogP contribution in [-0.4, -0.2) is 84.4 Å². The van der Waals surface area contributed by atoms with Crippen LogP contribution < -0.4 is 5.32 Å². The van der Waals surface area contributed by atoms with Gasteiger partial charge in [0.1, 0.15) is 18.2 Å². The minimum Gasteiger partial charge on any atom is -0.457 e. The number of carbonyl (C=O) groups excluding carboxylic acids is 3. The summed E-state index contributed by atoms with van der Waals surface area (Å²) in [5.41, 5.74) is 2.68. The monoisotopic (exact) mass is 1020 g/mol. The zero-order valence-electron chi connectivity index (χ0n) is 42.8. The van der Waals surface area contributed by atoms with Gasteiger partial charge < -0.3 is 29.7 Å². The first kappa shape index (κ1) is 58.4. The standard InChI is InChI=1S/C58H83NO12S/c1-2-3-4-5-6-7-8-9-16-21-40-50(68-52(61)41-22-17-12-10-14-19-30-44-34-28-36-46-32-24-26-38-48(44)46)57(63)59-54-56(55(71-72(65,66)67)51(43-60)69-58(54)64)70-53(62)42-23-18-13-11-15-20-31-45-35-29-37-47-33-25-27-39-49(45)47/h24-29,32-39,50-51,54-56,58,60,64H,2-23,30-31,40-43H2,1H3,(H,59,63)(H,65,66,67)/t50?,51-,54-,55-,56-,58?/m1/s1. The van der Waals surface area contributed by atoms with E-state index in [0.29, 0.717) is 19.3 Å². The number of aryl methyl sites for hydroxylation is 2. The van der Waals surface area contributed by atoms with Crippen molar-refractivity contribution in [2.24, 2.45) is 0 Å². The summed E-state index contributed by atoms with van der Waals surface area (Å²) < 4.78 is 55.8. The number of hydrogen-bond donors (Lipinski definition) is 4. The number of benzene rings is 4. The second kappa shape index (κ2) is 32.7. The molecule has 13 nitrogen and oxygen atoms in total. The first-order valence-electron chi connectivity index (χ1n) is 27.2. The number of aliphatic hydroxyl groups excluding tert-OH is 2. The van der Waals surface area contributed by atoms with Crippen molar-refractivity contribution in [3.8, 4) is 0 Å². The Hall–Kier alpha value is -4.44. The largest absolute Gasteiger partial charge is 0.457 e. The number of carbonyl (C=O) groups is 3. The quantitative estimate of drug-likeness (QED) is 0.0192. The number of nitrogens with one attached hydrogen (secondary N) is 1. The Morgan fingerprint density at radius 1 is 0.597 bits per heavy atom. The Labute approximate surface area is 429 Å². The summed E-state index contributed by atoms with van der Waals surface area (Å²) in [6.45, 7) is 1.32. The maximum Gasteiger partial charge on any atom is 0.397 e. The molecule has 398 valence electrons.